The molecular formula is C10H13N3OS. The number of aromatic nitrogens is 3. The van der Waals surface area contributed by atoms with Crippen LogP contribution >= 0.6 is 11.3 Å². The number of thiazole rings is 1. The molecule has 0 radical (unpaired) electrons. The van der Waals surface area contributed by atoms with E-state index < -0.39 is 0 Å². The van der Waals surface area contributed by atoms with E-state index in [1.165, 1.54) is 0 Å². The van der Waals surface area contributed by atoms with Gasteiger partial charge in [-0.15, -0.1) is 11.3 Å². The molecule has 0 spiro atoms. The quantitative estimate of drug-likeness (QED) is 0.852. The van der Waals surface area contributed by atoms with Crippen molar-refractivity contribution in [1.29, 1.82) is 0 Å². The van der Waals surface area contributed by atoms with E-state index >= 15 is 0 Å². The highest BCUT2D eigenvalue weighted by molar-refractivity contribution is 7.09. The van der Waals surface area contributed by atoms with Gasteiger partial charge in [0.2, 0.25) is 0 Å². The number of hydrogen-bond donors (Lipinski definition) is 1. The lowest BCUT2D eigenvalue weighted by Gasteiger charge is -2.01. The van der Waals surface area contributed by atoms with E-state index in [9.17, 15) is 0 Å². The van der Waals surface area contributed by atoms with Crippen LogP contribution in [0.3, 0.4) is 0 Å². The number of aryl methyl sites for hydroxylation is 3. The van der Waals surface area contributed by atoms with Crippen LogP contribution in [0.2, 0.25) is 0 Å². The van der Waals surface area contributed by atoms with Crippen LogP contribution in [-0.4, -0.2) is 19.6 Å². The van der Waals surface area contributed by atoms with Gasteiger partial charge >= 0.3 is 0 Å². The summed E-state index contributed by atoms with van der Waals surface area (Å²) in [5, 5.41) is 11.8. The predicted octanol–water partition coefficient (Wildman–Crippen LogP) is 1.38. The highest BCUT2D eigenvalue weighted by atomic mass is 32.1. The monoisotopic (exact) mass is 223 g/mol. The lowest BCUT2D eigenvalue weighted by atomic mass is 10.4. The molecule has 2 aromatic rings. The molecule has 0 aliphatic carbocycles. The smallest absolute Gasteiger partial charge is 0.105 e. The molecule has 15 heavy (non-hydrogen) atoms. The minimum Gasteiger partial charge on any atom is -0.390 e. The SMILES string of the molecule is Cc1nccn1CCc1nc(CO)cs1. The van der Waals surface area contributed by atoms with Gasteiger partial charge in [0.1, 0.15) is 5.82 Å². The van der Waals surface area contributed by atoms with E-state index in [4.69, 9.17) is 5.11 Å². The van der Waals surface area contributed by atoms with Gasteiger partial charge < -0.3 is 9.67 Å². The van der Waals surface area contributed by atoms with Crippen LogP contribution in [0.25, 0.3) is 0 Å². The van der Waals surface area contributed by atoms with E-state index in [1.54, 1.807) is 17.5 Å². The number of aliphatic hydroxyl groups excluding tert-OH is 1. The maximum atomic E-state index is 8.88. The maximum absolute atomic E-state index is 8.88. The van der Waals surface area contributed by atoms with E-state index in [0.717, 1.165) is 29.5 Å². The van der Waals surface area contributed by atoms with Crippen molar-refractivity contribution in [1.82, 2.24) is 14.5 Å². The minimum absolute atomic E-state index is 0.0284. The van der Waals surface area contributed by atoms with Crippen molar-refractivity contribution in [3.8, 4) is 0 Å². The van der Waals surface area contributed by atoms with Crippen LogP contribution < -0.4 is 0 Å². The van der Waals surface area contributed by atoms with Crippen molar-refractivity contribution < 1.29 is 5.11 Å². The molecule has 0 atom stereocenters. The average Bonchev–Trinajstić information content (AvgIpc) is 2.84. The molecule has 80 valence electrons. The van der Waals surface area contributed by atoms with E-state index in [0.29, 0.717) is 0 Å². The second kappa shape index (κ2) is 4.55. The Labute approximate surface area is 92.2 Å². The first kappa shape index (κ1) is 10.3. The molecule has 0 bridgehead atoms. The van der Waals surface area contributed by atoms with E-state index in [-0.39, 0.29) is 6.61 Å². The van der Waals surface area contributed by atoms with Crippen molar-refractivity contribution in [2.24, 2.45) is 0 Å². The number of imidazole rings is 1. The molecule has 0 aliphatic heterocycles. The predicted molar refractivity (Wildman–Crippen MR) is 58.7 cm³/mol. The van der Waals surface area contributed by atoms with E-state index in [1.807, 2.05) is 18.5 Å². The zero-order valence-electron chi connectivity index (χ0n) is 8.55. The molecule has 2 rings (SSSR count). The normalized spacial score (nSPS) is 10.8. The molecule has 0 saturated heterocycles. The summed E-state index contributed by atoms with van der Waals surface area (Å²) in [5.74, 6) is 1.02. The Hall–Kier alpha value is -1.20. The molecule has 2 heterocycles. The number of nitrogens with zero attached hydrogens (tertiary/aromatic N) is 3. The second-order valence-corrected chi connectivity index (χ2v) is 4.25. The third-order valence-electron chi connectivity index (χ3n) is 2.25. The fraction of sp³-hybridized carbons (Fsp3) is 0.400. The molecular weight excluding hydrogens is 210 g/mol. The van der Waals surface area contributed by atoms with Gasteiger partial charge in [0.25, 0.3) is 0 Å². The highest BCUT2D eigenvalue weighted by Gasteiger charge is 2.02. The van der Waals surface area contributed by atoms with Gasteiger partial charge in [0.05, 0.1) is 17.3 Å². The number of rotatable bonds is 4. The Bertz CT molecular complexity index is 435. The Kier molecular flexibility index (Phi) is 3.13. The third-order valence-corrected chi connectivity index (χ3v) is 3.21. The molecule has 4 nitrogen and oxygen atoms in total. The largest absolute Gasteiger partial charge is 0.390 e. The second-order valence-electron chi connectivity index (χ2n) is 3.31. The highest BCUT2D eigenvalue weighted by Crippen LogP contribution is 2.11. The Morgan fingerprint density at radius 3 is 3.00 bits per heavy atom. The van der Waals surface area contributed by atoms with Gasteiger partial charge in [0.15, 0.2) is 0 Å². The Balaban J connectivity index is 1.96. The van der Waals surface area contributed by atoms with Crippen molar-refractivity contribution in [3.05, 3.63) is 34.3 Å². The first-order chi connectivity index (χ1) is 7.29. The maximum Gasteiger partial charge on any atom is 0.105 e. The van der Waals surface area contributed by atoms with Gasteiger partial charge in [-0.1, -0.05) is 0 Å². The molecule has 0 unspecified atom stereocenters. The summed E-state index contributed by atoms with van der Waals surface area (Å²) in [4.78, 5) is 8.45. The fourth-order valence-corrected chi connectivity index (χ4v) is 2.17. The van der Waals surface area contributed by atoms with Gasteiger partial charge in [-0.05, 0) is 6.92 Å². The van der Waals surface area contributed by atoms with Gasteiger partial charge in [-0.2, -0.15) is 0 Å². The summed E-state index contributed by atoms with van der Waals surface area (Å²) < 4.78 is 2.10. The van der Waals surface area contributed by atoms with Gasteiger partial charge in [-0.3, -0.25) is 0 Å². The summed E-state index contributed by atoms with van der Waals surface area (Å²) in [7, 11) is 0. The number of aliphatic hydroxyl groups is 1. The Morgan fingerprint density at radius 2 is 2.40 bits per heavy atom. The summed E-state index contributed by atoms with van der Waals surface area (Å²) in [6, 6.07) is 0. The van der Waals surface area contributed by atoms with Crippen molar-refractivity contribution in [2.75, 3.05) is 0 Å². The zero-order valence-corrected chi connectivity index (χ0v) is 9.37. The van der Waals surface area contributed by atoms with Crippen molar-refractivity contribution in [2.45, 2.75) is 26.5 Å². The summed E-state index contributed by atoms with van der Waals surface area (Å²) in [6.45, 7) is 2.91. The van der Waals surface area contributed by atoms with Crippen molar-refractivity contribution in [3.63, 3.8) is 0 Å². The number of hydrogen-bond acceptors (Lipinski definition) is 4. The summed E-state index contributed by atoms with van der Waals surface area (Å²) >= 11 is 1.60. The van der Waals surface area contributed by atoms with E-state index in [2.05, 4.69) is 14.5 Å². The van der Waals surface area contributed by atoms with Crippen LogP contribution in [0, 0.1) is 6.92 Å². The lowest BCUT2D eigenvalue weighted by Crippen LogP contribution is -2.02. The fourth-order valence-electron chi connectivity index (χ4n) is 1.39. The zero-order chi connectivity index (χ0) is 10.7. The lowest BCUT2D eigenvalue weighted by molar-refractivity contribution is 0.277. The molecule has 5 heteroatoms. The van der Waals surface area contributed by atoms with Crippen LogP contribution in [0.1, 0.15) is 16.5 Å². The first-order valence-electron chi connectivity index (χ1n) is 4.81. The van der Waals surface area contributed by atoms with Crippen LogP contribution in [-0.2, 0) is 19.6 Å². The topological polar surface area (TPSA) is 50.9 Å². The van der Waals surface area contributed by atoms with Crippen LogP contribution in [0.5, 0.6) is 0 Å². The van der Waals surface area contributed by atoms with Crippen LogP contribution in [0.4, 0.5) is 0 Å². The third kappa shape index (κ3) is 2.43. The van der Waals surface area contributed by atoms with Crippen molar-refractivity contribution >= 4 is 11.3 Å². The minimum atomic E-state index is 0.0284. The molecule has 0 aliphatic rings. The molecule has 0 saturated carbocycles. The molecule has 1 N–H and O–H groups in total. The standard InChI is InChI=1S/C10H13N3OS/c1-8-11-3-5-13(8)4-2-10-12-9(6-14)7-15-10/h3,5,7,14H,2,4,6H2,1H3. The average molecular weight is 223 g/mol. The molecule has 0 aromatic carbocycles. The molecule has 0 amide bonds. The molecule has 0 fully saturated rings. The summed E-state index contributed by atoms with van der Waals surface area (Å²) in [5.41, 5.74) is 0.761. The Morgan fingerprint density at radius 1 is 1.53 bits per heavy atom. The van der Waals surface area contributed by atoms with Gasteiger partial charge in [0, 0.05) is 30.7 Å². The van der Waals surface area contributed by atoms with Gasteiger partial charge in [-0.25, -0.2) is 9.97 Å². The summed E-state index contributed by atoms with van der Waals surface area (Å²) in [6.07, 6.45) is 4.66. The molecule has 2 aromatic heterocycles. The van der Waals surface area contributed by atoms with Crippen LogP contribution in [0.15, 0.2) is 17.8 Å². The first-order valence-corrected chi connectivity index (χ1v) is 5.69.